The average Bonchev–Trinajstić information content (AvgIpc) is 2.39. The van der Waals surface area contributed by atoms with Crippen molar-refractivity contribution >= 4 is 34.2 Å². The molecule has 0 aliphatic heterocycles. The zero-order valence-corrected chi connectivity index (χ0v) is 12.1. The van der Waals surface area contributed by atoms with E-state index in [-0.39, 0.29) is 0 Å². The lowest BCUT2D eigenvalue weighted by Crippen LogP contribution is -1.96. The molecule has 0 aliphatic carbocycles. The Balaban J connectivity index is 2.04. The van der Waals surface area contributed by atoms with Crippen molar-refractivity contribution in [1.29, 1.82) is 0 Å². The van der Waals surface area contributed by atoms with Crippen LogP contribution >= 0.6 is 34.2 Å². The van der Waals surface area contributed by atoms with Crippen molar-refractivity contribution in [2.75, 3.05) is 0 Å². The summed E-state index contributed by atoms with van der Waals surface area (Å²) >= 11 is 8.14. The summed E-state index contributed by atoms with van der Waals surface area (Å²) in [5.41, 5.74) is 2.27. The van der Waals surface area contributed by atoms with Crippen LogP contribution in [0.5, 0.6) is 5.75 Å². The zero-order chi connectivity index (χ0) is 12.1. The normalized spacial score (nSPS) is 10.2. The second-order valence-corrected chi connectivity index (χ2v) is 5.09. The standard InChI is InChI=1S/C14H12ClIO/c15-9-12-8-13(6-7-14(12)16)17-10-11-4-2-1-3-5-11/h1-8H,9-10H2. The van der Waals surface area contributed by atoms with Crippen molar-refractivity contribution in [2.45, 2.75) is 12.5 Å². The molecule has 0 unspecified atom stereocenters. The molecule has 0 fully saturated rings. The maximum Gasteiger partial charge on any atom is 0.120 e. The first kappa shape index (κ1) is 12.7. The van der Waals surface area contributed by atoms with Gasteiger partial charge in [0.05, 0.1) is 0 Å². The Bertz CT molecular complexity index is 485. The van der Waals surface area contributed by atoms with Crippen molar-refractivity contribution in [3.63, 3.8) is 0 Å². The minimum atomic E-state index is 0.515. The lowest BCUT2D eigenvalue weighted by molar-refractivity contribution is 0.306. The van der Waals surface area contributed by atoms with Crippen LogP contribution in [0.15, 0.2) is 48.5 Å². The van der Waals surface area contributed by atoms with Gasteiger partial charge >= 0.3 is 0 Å². The number of halogens is 2. The third kappa shape index (κ3) is 3.61. The van der Waals surface area contributed by atoms with Crippen molar-refractivity contribution in [2.24, 2.45) is 0 Å². The molecule has 0 N–H and O–H groups in total. The van der Waals surface area contributed by atoms with Gasteiger partial charge in [-0.2, -0.15) is 0 Å². The molecule has 0 aliphatic rings. The molecule has 0 saturated carbocycles. The molecule has 2 rings (SSSR count). The molecule has 0 aromatic heterocycles. The summed E-state index contributed by atoms with van der Waals surface area (Å²) in [7, 11) is 0. The highest BCUT2D eigenvalue weighted by atomic mass is 127. The minimum Gasteiger partial charge on any atom is -0.489 e. The van der Waals surface area contributed by atoms with Gasteiger partial charge in [-0.3, -0.25) is 0 Å². The number of ether oxygens (including phenoxy) is 1. The van der Waals surface area contributed by atoms with Gasteiger partial charge < -0.3 is 4.74 Å². The van der Waals surface area contributed by atoms with Crippen LogP contribution < -0.4 is 4.74 Å². The van der Waals surface area contributed by atoms with Gasteiger partial charge in [-0.05, 0) is 51.9 Å². The molecule has 0 bridgehead atoms. The second kappa shape index (κ2) is 6.26. The molecule has 2 aromatic carbocycles. The predicted octanol–water partition coefficient (Wildman–Crippen LogP) is 4.61. The third-order valence-corrected chi connectivity index (χ3v) is 3.75. The van der Waals surface area contributed by atoms with E-state index >= 15 is 0 Å². The van der Waals surface area contributed by atoms with Crippen LogP contribution in [0.1, 0.15) is 11.1 Å². The van der Waals surface area contributed by atoms with E-state index in [0.717, 1.165) is 11.3 Å². The van der Waals surface area contributed by atoms with Crippen LogP contribution in [0, 0.1) is 3.57 Å². The van der Waals surface area contributed by atoms with Crippen LogP contribution in [0.3, 0.4) is 0 Å². The Morgan fingerprint density at radius 3 is 2.53 bits per heavy atom. The smallest absolute Gasteiger partial charge is 0.120 e. The predicted molar refractivity (Wildman–Crippen MR) is 79.5 cm³/mol. The summed E-state index contributed by atoms with van der Waals surface area (Å²) in [6, 6.07) is 16.1. The van der Waals surface area contributed by atoms with E-state index in [1.807, 2.05) is 36.4 Å². The van der Waals surface area contributed by atoms with Crippen LogP contribution in [0.2, 0.25) is 0 Å². The maximum atomic E-state index is 5.86. The highest BCUT2D eigenvalue weighted by Crippen LogP contribution is 2.21. The topological polar surface area (TPSA) is 9.23 Å². The highest BCUT2D eigenvalue weighted by Gasteiger charge is 2.01. The van der Waals surface area contributed by atoms with Gasteiger partial charge in [-0.25, -0.2) is 0 Å². The van der Waals surface area contributed by atoms with Crippen LogP contribution in [-0.4, -0.2) is 0 Å². The van der Waals surface area contributed by atoms with E-state index in [1.165, 1.54) is 9.13 Å². The minimum absolute atomic E-state index is 0.515. The monoisotopic (exact) mass is 358 g/mol. The lowest BCUT2D eigenvalue weighted by atomic mass is 10.2. The molecule has 3 heteroatoms. The molecule has 1 nitrogen and oxygen atoms in total. The quantitative estimate of drug-likeness (QED) is 0.573. The van der Waals surface area contributed by atoms with Gasteiger partial charge in [0.2, 0.25) is 0 Å². The fourth-order valence-corrected chi connectivity index (χ4v) is 2.46. The largest absolute Gasteiger partial charge is 0.489 e. The van der Waals surface area contributed by atoms with Gasteiger partial charge in [-0.1, -0.05) is 30.3 Å². The molecule has 88 valence electrons. The summed E-state index contributed by atoms with van der Waals surface area (Å²) < 4.78 is 6.90. The van der Waals surface area contributed by atoms with Gasteiger partial charge in [0.25, 0.3) is 0 Å². The number of hydrogen-bond acceptors (Lipinski definition) is 1. The van der Waals surface area contributed by atoms with E-state index in [4.69, 9.17) is 16.3 Å². The van der Waals surface area contributed by atoms with E-state index in [9.17, 15) is 0 Å². The molecule has 2 aromatic rings. The van der Waals surface area contributed by atoms with E-state index in [2.05, 4.69) is 34.7 Å². The van der Waals surface area contributed by atoms with Crippen molar-refractivity contribution in [1.82, 2.24) is 0 Å². The molecular weight excluding hydrogens is 347 g/mol. The summed E-state index contributed by atoms with van der Waals surface area (Å²) in [4.78, 5) is 0. The molecule has 0 radical (unpaired) electrons. The fraction of sp³-hybridized carbons (Fsp3) is 0.143. The van der Waals surface area contributed by atoms with Crippen LogP contribution in [-0.2, 0) is 12.5 Å². The summed E-state index contributed by atoms with van der Waals surface area (Å²) in [5, 5.41) is 0. The van der Waals surface area contributed by atoms with Crippen LogP contribution in [0.4, 0.5) is 0 Å². The number of hydrogen-bond donors (Lipinski definition) is 0. The Morgan fingerprint density at radius 1 is 1.06 bits per heavy atom. The van der Waals surface area contributed by atoms with E-state index in [1.54, 1.807) is 0 Å². The Labute approximate surface area is 120 Å². The maximum absolute atomic E-state index is 5.86. The number of benzene rings is 2. The van der Waals surface area contributed by atoms with E-state index < -0.39 is 0 Å². The first-order chi connectivity index (χ1) is 8.29. The number of alkyl halides is 1. The van der Waals surface area contributed by atoms with Gasteiger partial charge in [0, 0.05) is 9.45 Å². The van der Waals surface area contributed by atoms with Gasteiger partial charge in [-0.15, -0.1) is 11.6 Å². The van der Waals surface area contributed by atoms with Crippen molar-refractivity contribution < 1.29 is 4.74 Å². The van der Waals surface area contributed by atoms with E-state index in [0.29, 0.717) is 12.5 Å². The fourth-order valence-electron chi connectivity index (χ4n) is 1.48. The molecule has 0 heterocycles. The first-order valence-corrected chi connectivity index (χ1v) is 6.92. The molecule has 0 spiro atoms. The molecule has 0 atom stereocenters. The van der Waals surface area contributed by atoms with Gasteiger partial charge in [0.15, 0.2) is 0 Å². The average molecular weight is 359 g/mol. The molecular formula is C14H12ClIO. The molecule has 0 amide bonds. The molecule has 0 saturated heterocycles. The second-order valence-electron chi connectivity index (χ2n) is 3.66. The SMILES string of the molecule is ClCc1cc(OCc2ccccc2)ccc1I. The number of rotatable bonds is 4. The Morgan fingerprint density at radius 2 is 1.82 bits per heavy atom. The summed E-state index contributed by atoms with van der Waals surface area (Å²) in [5.74, 6) is 1.38. The third-order valence-electron chi connectivity index (χ3n) is 2.41. The lowest BCUT2D eigenvalue weighted by Gasteiger charge is -2.08. The van der Waals surface area contributed by atoms with Crippen molar-refractivity contribution in [3.8, 4) is 5.75 Å². The van der Waals surface area contributed by atoms with Gasteiger partial charge in [0.1, 0.15) is 12.4 Å². The highest BCUT2D eigenvalue weighted by molar-refractivity contribution is 14.1. The van der Waals surface area contributed by atoms with Crippen LogP contribution in [0.25, 0.3) is 0 Å². The zero-order valence-electron chi connectivity index (χ0n) is 9.20. The summed E-state index contributed by atoms with van der Waals surface area (Å²) in [6.07, 6.45) is 0. The Hall–Kier alpha value is -0.740. The molecule has 17 heavy (non-hydrogen) atoms. The Kier molecular flexibility index (Phi) is 4.68. The summed E-state index contributed by atoms with van der Waals surface area (Å²) in [6.45, 7) is 0.586. The first-order valence-electron chi connectivity index (χ1n) is 5.30. The van der Waals surface area contributed by atoms with Crippen molar-refractivity contribution in [3.05, 3.63) is 63.2 Å².